The Labute approximate surface area is 169 Å². The van der Waals surface area contributed by atoms with Crippen molar-refractivity contribution in [1.82, 2.24) is 10.3 Å². The molecule has 0 saturated heterocycles. The molecule has 0 aliphatic heterocycles. The first-order valence-electron chi connectivity index (χ1n) is 8.50. The Hall–Kier alpha value is -2.27. The Balaban J connectivity index is 1.66. The van der Waals surface area contributed by atoms with Gasteiger partial charge in [-0.25, -0.2) is 0 Å². The van der Waals surface area contributed by atoms with Crippen molar-refractivity contribution >= 4 is 23.2 Å². The largest absolute Gasteiger partial charge is 0.493 e. The quantitative estimate of drug-likeness (QED) is 0.557. The summed E-state index contributed by atoms with van der Waals surface area (Å²) in [5.74, 6) is 1.09. The second kappa shape index (κ2) is 9.60. The summed E-state index contributed by atoms with van der Waals surface area (Å²) in [5, 5.41) is 4.50. The van der Waals surface area contributed by atoms with Gasteiger partial charge < -0.3 is 14.8 Å². The van der Waals surface area contributed by atoms with E-state index in [1.54, 1.807) is 13.3 Å². The van der Waals surface area contributed by atoms with E-state index in [1.807, 2.05) is 54.6 Å². The average Bonchev–Trinajstić information content (AvgIpc) is 2.69. The Morgan fingerprint density at radius 3 is 2.52 bits per heavy atom. The van der Waals surface area contributed by atoms with Gasteiger partial charge in [-0.2, -0.15) is 0 Å². The number of aromatic nitrogens is 1. The summed E-state index contributed by atoms with van der Waals surface area (Å²) in [4.78, 5) is 4.29. The molecule has 140 valence electrons. The number of benzene rings is 2. The summed E-state index contributed by atoms with van der Waals surface area (Å²) >= 11 is 12.6. The van der Waals surface area contributed by atoms with E-state index in [0.29, 0.717) is 41.2 Å². The van der Waals surface area contributed by atoms with Crippen LogP contribution in [-0.2, 0) is 19.7 Å². The monoisotopic (exact) mass is 402 g/mol. The van der Waals surface area contributed by atoms with Crippen molar-refractivity contribution < 1.29 is 9.47 Å². The van der Waals surface area contributed by atoms with Crippen LogP contribution in [0.1, 0.15) is 16.8 Å². The highest BCUT2D eigenvalue weighted by molar-refractivity contribution is 6.32. The molecule has 2 aromatic carbocycles. The van der Waals surface area contributed by atoms with Crippen LogP contribution in [0.3, 0.4) is 0 Å². The number of methoxy groups -OCH3 is 1. The van der Waals surface area contributed by atoms with Crippen LogP contribution in [0, 0.1) is 0 Å². The molecule has 0 saturated carbocycles. The Morgan fingerprint density at radius 1 is 0.963 bits per heavy atom. The molecule has 0 fully saturated rings. The highest BCUT2D eigenvalue weighted by Crippen LogP contribution is 2.37. The summed E-state index contributed by atoms with van der Waals surface area (Å²) in [6, 6.07) is 17.2. The van der Waals surface area contributed by atoms with Gasteiger partial charge in [0, 0.05) is 29.9 Å². The van der Waals surface area contributed by atoms with Gasteiger partial charge in [0.1, 0.15) is 6.61 Å². The molecular weight excluding hydrogens is 383 g/mol. The molecule has 0 spiro atoms. The van der Waals surface area contributed by atoms with E-state index < -0.39 is 0 Å². The molecule has 0 radical (unpaired) electrons. The second-order valence-electron chi connectivity index (χ2n) is 5.91. The van der Waals surface area contributed by atoms with Crippen molar-refractivity contribution in [3.63, 3.8) is 0 Å². The van der Waals surface area contributed by atoms with Crippen LogP contribution in [0.25, 0.3) is 0 Å². The van der Waals surface area contributed by atoms with Gasteiger partial charge in [-0.3, -0.25) is 4.98 Å². The lowest BCUT2D eigenvalue weighted by molar-refractivity contribution is 0.284. The van der Waals surface area contributed by atoms with E-state index in [9.17, 15) is 0 Å². The molecule has 1 N–H and O–H groups in total. The molecule has 0 aliphatic rings. The van der Waals surface area contributed by atoms with Crippen LogP contribution in [-0.4, -0.2) is 12.1 Å². The van der Waals surface area contributed by atoms with Crippen LogP contribution in [0.2, 0.25) is 10.0 Å². The van der Waals surface area contributed by atoms with Gasteiger partial charge in [-0.05, 0) is 35.9 Å². The summed E-state index contributed by atoms with van der Waals surface area (Å²) < 4.78 is 11.4. The minimum absolute atomic E-state index is 0.313. The van der Waals surface area contributed by atoms with Gasteiger partial charge in [0.2, 0.25) is 0 Å². The standard InChI is InChI=1S/C21H20Cl2N2O2/c1-26-20-11-15(12-24-13-17-7-4-5-9-25-17)10-19(23)21(20)27-14-16-6-2-3-8-18(16)22/h2-11,24H,12-14H2,1H3. The fourth-order valence-electron chi connectivity index (χ4n) is 2.62. The number of halogens is 2. The molecule has 0 amide bonds. The average molecular weight is 403 g/mol. The number of ether oxygens (including phenoxy) is 2. The maximum atomic E-state index is 6.44. The SMILES string of the molecule is COc1cc(CNCc2ccccn2)cc(Cl)c1OCc1ccccc1Cl. The summed E-state index contributed by atoms with van der Waals surface area (Å²) in [6.45, 7) is 1.62. The molecule has 0 unspecified atom stereocenters. The van der Waals surface area contributed by atoms with Gasteiger partial charge in [-0.1, -0.05) is 47.5 Å². The minimum atomic E-state index is 0.313. The third kappa shape index (κ3) is 5.36. The van der Waals surface area contributed by atoms with E-state index in [4.69, 9.17) is 32.7 Å². The van der Waals surface area contributed by atoms with Crippen molar-refractivity contribution in [2.45, 2.75) is 19.7 Å². The highest BCUT2D eigenvalue weighted by atomic mass is 35.5. The number of nitrogens with one attached hydrogen (secondary N) is 1. The molecule has 27 heavy (non-hydrogen) atoms. The zero-order valence-corrected chi connectivity index (χ0v) is 16.4. The topological polar surface area (TPSA) is 43.4 Å². The molecule has 3 rings (SSSR count). The Kier molecular flexibility index (Phi) is 6.93. The molecule has 1 aromatic heterocycles. The van der Waals surface area contributed by atoms with Crippen molar-refractivity contribution in [3.05, 3.63) is 87.7 Å². The van der Waals surface area contributed by atoms with Gasteiger partial charge in [0.25, 0.3) is 0 Å². The van der Waals surface area contributed by atoms with Crippen molar-refractivity contribution in [2.24, 2.45) is 0 Å². The summed E-state index contributed by atoms with van der Waals surface area (Å²) in [5.41, 5.74) is 2.87. The van der Waals surface area contributed by atoms with Crippen LogP contribution >= 0.6 is 23.2 Å². The number of pyridine rings is 1. The van der Waals surface area contributed by atoms with Gasteiger partial charge in [0.15, 0.2) is 11.5 Å². The van der Waals surface area contributed by atoms with Crippen LogP contribution < -0.4 is 14.8 Å². The molecule has 3 aromatic rings. The zero-order chi connectivity index (χ0) is 19.1. The molecule has 0 atom stereocenters. The van der Waals surface area contributed by atoms with E-state index in [1.165, 1.54) is 0 Å². The number of hydrogen-bond acceptors (Lipinski definition) is 4. The fourth-order valence-corrected chi connectivity index (χ4v) is 3.10. The first-order valence-corrected chi connectivity index (χ1v) is 9.26. The number of nitrogens with zero attached hydrogens (tertiary/aromatic N) is 1. The fraction of sp³-hybridized carbons (Fsp3) is 0.190. The maximum absolute atomic E-state index is 6.44. The van der Waals surface area contributed by atoms with Crippen molar-refractivity contribution in [2.75, 3.05) is 7.11 Å². The van der Waals surface area contributed by atoms with E-state index >= 15 is 0 Å². The van der Waals surface area contributed by atoms with E-state index in [2.05, 4.69) is 10.3 Å². The molecule has 1 heterocycles. The van der Waals surface area contributed by atoms with Gasteiger partial charge in [-0.15, -0.1) is 0 Å². The van der Waals surface area contributed by atoms with E-state index in [-0.39, 0.29) is 0 Å². The molecule has 4 nitrogen and oxygen atoms in total. The second-order valence-corrected chi connectivity index (χ2v) is 6.73. The smallest absolute Gasteiger partial charge is 0.180 e. The molecular formula is C21H20Cl2N2O2. The Bertz CT molecular complexity index is 889. The van der Waals surface area contributed by atoms with Gasteiger partial charge in [0.05, 0.1) is 17.8 Å². The predicted octanol–water partition coefficient (Wildman–Crippen LogP) is 5.27. The van der Waals surface area contributed by atoms with Crippen LogP contribution in [0.5, 0.6) is 11.5 Å². The summed E-state index contributed by atoms with van der Waals surface area (Å²) in [7, 11) is 1.60. The first kappa shape index (κ1) is 19.5. The maximum Gasteiger partial charge on any atom is 0.180 e. The normalized spacial score (nSPS) is 10.6. The van der Waals surface area contributed by atoms with Crippen molar-refractivity contribution in [3.8, 4) is 11.5 Å². The zero-order valence-electron chi connectivity index (χ0n) is 14.9. The first-order chi connectivity index (χ1) is 13.2. The molecule has 6 heteroatoms. The minimum Gasteiger partial charge on any atom is -0.493 e. The number of rotatable bonds is 8. The molecule has 0 aliphatic carbocycles. The Morgan fingerprint density at radius 2 is 1.78 bits per heavy atom. The third-order valence-corrected chi connectivity index (χ3v) is 4.63. The number of hydrogen-bond donors (Lipinski definition) is 1. The van der Waals surface area contributed by atoms with Gasteiger partial charge >= 0.3 is 0 Å². The van der Waals surface area contributed by atoms with E-state index in [0.717, 1.165) is 16.8 Å². The molecule has 0 bridgehead atoms. The lowest BCUT2D eigenvalue weighted by atomic mass is 10.2. The highest BCUT2D eigenvalue weighted by Gasteiger charge is 2.13. The van der Waals surface area contributed by atoms with Crippen LogP contribution in [0.15, 0.2) is 60.8 Å². The lowest BCUT2D eigenvalue weighted by Crippen LogP contribution is -2.13. The van der Waals surface area contributed by atoms with Crippen LogP contribution in [0.4, 0.5) is 0 Å². The summed E-state index contributed by atoms with van der Waals surface area (Å²) in [6.07, 6.45) is 1.78. The lowest BCUT2D eigenvalue weighted by Gasteiger charge is -2.15. The predicted molar refractivity (Wildman–Crippen MR) is 109 cm³/mol. The third-order valence-electron chi connectivity index (χ3n) is 3.98. The van der Waals surface area contributed by atoms with Crippen molar-refractivity contribution in [1.29, 1.82) is 0 Å².